The van der Waals surface area contributed by atoms with Crippen molar-refractivity contribution >= 4 is 11.8 Å². The fourth-order valence-corrected chi connectivity index (χ4v) is 1.56. The maximum absolute atomic E-state index is 5.75. The van der Waals surface area contributed by atoms with E-state index in [1.54, 1.807) is 6.20 Å². The Morgan fingerprint density at radius 3 is 2.73 bits per heavy atom. The van der Waals surface area contributed by atoms with Gasteiger partial charge in [-0.15, -0.1) is 0 Å². The molecule has 1 aromatic heterocycles. The summed E-state index contributed by atoms with van der Waals surface area (Å²) >= 11 is 0. The average molecular weight is 209 g/mol. The molecule has 1 fully saturated rings. The van der Waals surface area contributed by atoms with Gasteiger partial charge in [0.1, 0.15) is 5.82 Å². The fraction of sp³-hybridized carbons (Fsp3) is 0.556. The summed E-state index contributed by atoms with van der Waals surface area (Å²) in [5, 5.41) is 0. The molecule has 0 aromatic carbocycles. The molecule has 1 aliphatic rings. The molecule has 0 saturated carbocycles. The smallest absolute Gasteiger partial charge is 0.221 e. The van der Waals surface area contributed by atoms with E-state index in [0.29, 0.717) is 5.82 Å². The van der Waals surface area contributed by atoms with Crippen LogP contribution in [0.4, 0.5) is 11.8 Å². The van der Waals surface area contributed by atoms with Crippen LogP contribution in [0.3, 0.4) is 0 Å². The number of anilines is 2. The maximum atomic E-state index is 5.75. The first-order valence-electron chi connectivity index (χ1n) is 4.92. The van der Waals surface area contributed by atoms with Crippen LogP contribution in [0.5, 0.6) is 0 Å². The number of aromatic nitrogens is 2. The predicted molar refractivity (Wildman–Crippen MR) is 57.0 cm³/mol. The standard InChI is InChI=1S/C9H15N5O/c10-8-7(5-12-9(11)13-8)6-14-1-3-15-4-2-14/h5H,1-4,6H2,(H4,10,11,12,13). The van der Waals surface area contributed by atoms with E-state index in [0.717, 1.165) is 38.4 Å². The number of morpholine rings is 1. The second-order valence-corrected chi connectivity index (χ2v) is 3.53. The van der Waals surface area contributed by atoms with Gasteiger partial charge in [-0.1, -0.05) is 0 Å². The number of hydrogen-bond acceptors (Lipinski definition) is 6. The quantitative estimate of drug-likeness (QED) is 0.680. The van der Waals surface area contributed by atoms with Gasteiger partial charge in [-0.3, -0.25) is 4.90 Å². The first kappa shape index (κ1) is 10.1. The summed E-state index contributed by atoms with van der Waals surface area (Å²) in [6, 6.07) is 0. The lowest BCUT2D eigenvalue weighted by molar-refractivity contribution is 0.0342. The molecule has 2 heterocycles. The van der Waals surface area contributed by atoms with Gasteiger partial charge in [0.15, 0.2) is 0 Å². The molecule has 0 spiro atoms. The molecule has 0 amide bonds. The van der Waals surface area contributed by atoms with Gasteiger partial charge >= 0.3 is 0 Å². The molecule has 15 heavy (non-hydrogen) atoms. The summed E-state index contributed by atoms with van der Waals surface area (Å²) in [5.41, 5.74) is 12.1. The first-order valence-corrected chi connectivity index (χ1v) is 4.92. The van der Waals surface area contributed by atoms with Crippen molar-refractivity contribution in [2.24, 2.45) is 0 Å². The van der Waals surface area contributed by atoms with Crippen molar-refractivity contribution in [3.8, 4) is 0 Å². The second-order valence-electron chi connectivity index (χ2n) is 3.53. The highest BCUT2D eigenvalue weighted by molar-refractivity contribution is 5.41. The topological polar surface area (TPSA) is 90.3 Å². The monoisotopic (exact) mass is 209 g/mol. The molecule has 1 saturated heterocycles. The van der Waals surface area contributed by atoms with E-state index < -0.39 is 0 Å². The van der Waals surface area contributed by atoms with Crippen molar-refractivity contribution in [3.63, 3.8) is 0 Å². The van der Waals surface area contributed by atoms with E-state index in [2.05, 4.69) is 14.9 Å². The van der Waals surface area contributed by atoms with Gasteiger partial charge in [0, 0.05) is 31.4 Å². The molecule has 0 bridgehead atoms. The molecule has 82 valence electrons. The Labute approximate surface area is 88.2 Å². The number of rotatable bonds is 2. The van der Waals surface area contributed by atoms with Gasteiger partial charge in [0.05, 0.1) is 13.2 Å². The molecule has 2 rings (SSSR count). The van der Waals surface area contributed by atoms with Crippen LogP contribution in [0, 0.1) is 0 Å². The lowest BCUT2D eigenvalue weighted by Gasteiger charge is -2.26. The summed E-state index contributed by atoms with van der Waals surface area (Å²) in [6.07, 6.45) is 1.69. The molecule has 4 N–H and O–H groups in total. The van der Waals surface area contributed by atoms with Crippen LogP contribution in [0.15, 0.2) is 6.20 Å². The van der Waals surface area contributed by atoms with Crippen LogP contribution in [-0.4, -0.2) is 41.2 Å². The molecular weight excluding hydrogens is 194 g/mol. The number of hydrogen-bond donors (Lipinski definition) is 2. The molecule has 0 atom stereocenters. The SMILES string of the molecule is Nc1ncc(CN2CCOCC2)c(N)n1. The zero-order chi connectivity index (χ0) is 10.7. The van der Waals surface area contributed by atoms with Gasteiger partial charge < -0.3 is 16.2 Å². The Bertz CT molecular complexity index is 337. The predicted octanol–water partition coefficient (Wildman–Crippen LogP) is -0.527. The minimum absolute atomic E-state index is 0.221. The number of nitrogen functional groups attached to an aromatic ring is 2. The zero-order valence-corrected chi connectivity index (χ0v) is 8.52. The zero-order valence-electron chi connectivity index (χ0n) is 8.52. The maximum Gasteiger partial charge on any atom is 0.221 e. The molecular formula is C9H15N5O. The van der Waals surface area contributed by atoms with Crippen molar-refractivity contribution in [1.29, 1.82) is 0 Å². The highest BCUT2D eigenvalue weighted by atomic mass is 16.5. The summed E-state index contributed by atoms with van der Waals surface area (Å²) in [4.78, 5) is 10.1. The Hall–Kier alpha value is -1.40. The van der Waals surface area contributed by atoms with E-state index in [9.17, 15) is 0 Å². The fourth-order valence-electron chi connectivity index (χ4n) is 1.56. The van der Waals surface area contributed by atoms with Crippen molar-refractivity contribution in [2.45, 2.75) is 6.54 Å². The van der Waals surface area contributed by atoms with Gasteiger partial charge in [-0.2, -0.15) is 4.98 Å². The van der Waals surface area contributed by atoms with Crippen molar-refractivity contribution in [3.05, 3.63) is 11.8 Å². The number of nitrogens with zero attached hydrogens (tertiary/aromatic N) is 3. The highest BCUT2D eigenvalue weighted by Crippen LogP contribution is 2.12. The Balaban J connectivity index is 2.03. The summed E-state index contributed by atoms with van der Waals surface area (Å²) in [6.45, 7) is 4.15. The summed E-state index contributed by atoms with van der Waals surface area (Å²) < 4.78 is 5.26. The molecule has 6 heteroatoms. The van der Waals surface area contributed by atoms with Crippen LogP contribution in [0.1, 0.15) is 5.56 Å². The molecule has 0 unspecified atom stereocenters. The van der Waals surface area contributed by atoms with Crippen molar-refractivity contribution in [1.82, 2.24) is 14.9 Å². The lowest BCUT2D eigenvalue weighted by atomic mass is 10.2. The molecule has 1 aromatic rings. The van der Waals surface area contributed by atoms with Crippen LogP contribution in [0.2, 0.25) is 0 Å². The van der Waals surface area contributed by atoms with Crippen LogP contribution >= 0.6 is 0 Å². The van der Waals surface area contributed by atoms with Crippen molar-refractivity contribution < 1.29 is 4.74 Å². The van der Waals surface area contributed by atoms with E-state index >= 15 is 0 Å². The van der Waals surface area contributed by atoms with E-state index in [1.165, 1.54) is 0 Å². The Morgan fingerprint density at radius 2 is 2.07 bits per heavy atom. The largest absolute Gasteiger partial charge is 0.383 e. The minimum Gasteiger partial charge on any atom is -0.383 e. The third-order valence-electron chi connectivity index (χ3n) is 2.41. The van der Waals surface area contributed by atoms with Gasteiger partial charge in [0.25, 0.3) is 0 Å². The molecule has 1 aliphatic heterocycles. The van der Waals surface area contributed by atoms with Crippen LogP contribution < -0.4 is 11.5 Å². The lowest BCUT2D eigenvalue weighted by Crippen LogP contribution is -2.35. The van der Waals surface area contributed by atoms with Gasteiger partial charge in [0.2, 0.25) is 5.95 Å². The molecule has 0 aliphatic carbocycles. The third-order valence-corrected chi connectivity index (χ3v) is 2.41. The second kappa shape index (κ2) is 4.41. The van der Waals surface area contributed by atoms with E-state index in [4.69, 9.17) is 16.2 Å². The van der Waals surface area contributed by atoms with Crippen LogP contribution in [-0.2, 0) is 11.3 Å². The molecule has 6 nitrogen and oxygen atoms in total. The van der Waals surface area contributed by atoms with E-state index in [-0.39, 0.29) is 5.95 Å². The minimum atomic E-state index is 0.221. The van der Waals surface area contributed by atoms with Gasteiger partial charge in [-0.05, 0) is 0 Å². The Kier molecular flexibility index (Phi) is 2.98. The Morgan fingerprint density at radius 1 is 1.33 bits per heavy atom. The summed E-state index contributed by atoms with van der Waals surface area (Å²) in [7, 11) is 0. The normalized spacial score (nSPS) is 17.9. The highest BCUT2D eigenvalue weighted by Gasteiger charge is 2.12. The summed E-state index contributed by atoms with van der Waals surface area (Å²) in [5.74, 6) is 0.687. The molecule has 0 radical (unpaired) electrons. The van der Waals surface area contributed by atoms with E-state index in [1.807, 2.05) is 0 Å². The first-order chi connectivity index (χ1) is 7.25. The van der Waals surface area contributed by atoms with Crippen LogP contribution in [0.25, 0.3) is 0 Å². The number of nitrogens with two attached hydrogens (primary N) is 2. The number of ether oxygens (including phenoxy) is 1. The third kappa shape index (κ3) is 2.54. The average Bonchev–Trinajstić information content (AvgIpc) is 2.24. The van der Waals surface area contributed by atoms with Crippen molar-refractivity contribution in [2.75, 3.05) is 37.8 Å². The van der Waals surface area contributed by atoms with Gasteiger partial charge in [-0.25, -0.2) is 4.98 Å².